The minimum Gasteiger partial charge on any atom is -0.496 e. The summed E-state index contributed by atoms with van der Waals surface area (Å²) in [6, 6.07) is 6.38. The van der Waals surface area contributed by atoms with Crippen LogP contribution in [0.25, 0.3) is 0 Å². The summed E-state index contributed by atoms with van der Waals surface area (Å²) in [7, 11) is 5.75. The number of hydrogen-bond donors (Lipinski definition) is 2. The summed E-state index contributed by atoms with van der Waals surface area (Å²) in [6.07, 6.45) is 2.19. The molecule has 0 bridgehead atoms. The molecular formula is C20H35N5O. The maximum Gasteiger partial charge on any atom is 0.191 e. The average Bonchev–Trinajstić information content (AvgIpc) is 2.86. The standard InChI is InChI=1S/C20H35N5O/c1-17-6-7-18(16-19(17)26-4)8-9-22-20(21-2)23-10-13-25-12-5-11-24(3)14-15-25/h6-7,16H,5,8-15H2,1-4H3,(H2,21,22,23). The first kappa shape index (κ1) is 20.5. The van der Waals surface area contributed by atoms with Crippen molar-refractivity contribution in [3.05, 3.63) is 29.3 Å². The second-order valence-electron chi connectivity index (χ2n) is 6.98. The molecule has 0 unspecified atom stereocenters. The number of nitrogens with zero attached hydrogens (tertiary/aromatic N) is 3. The minimum atomic E-state index is 0.848. The third-order valence-electron chi connectivity index (χ3n) is 4.93. The van der Waals surface area contributed by atoms with E-state index in [4.69, 9.17) is 4.74 Å². The highest BCUT2D eigenvalue weighted by molar-refractivity contribution is 5.79. The number of methoxy groups -OCH3 is 1. The molecule has 0 spiro atoms. The Morgan fingerprint density at radius 1 is 1.15 bits per heavy atom. The zero-order chi connectivity index (χ0) is 18.8. The predicted octanol–water partition coefficient (Wildman–Crippen LogP) is 1.35. The summed E-state index contributed by atoms with van der Waals surface area (Å²) in [5.41, 5.74) is 2.44. The summed E-state index contributed by atoms with van der Waals surface area (Å²) < 4.78 is 5.40. The van der Waals surface area contributed by atoms with Gasteiger partial charge < -0.3 is 25.2 Å². The van der Waals surface area contributed by atoms with E-state index >= 15 is 0 Å². The van der Waals surface area contributed by atoms with Crippen LogP contribution in [0, 0.1) is 6.92 Å². The Hall–Kier alpha value is -1.79. The van der Waals surface area contributed by atoms with Crippen molar-refractivity contribution in [2.24, 2.45) is 4.99 Å². The van der Waals surface area contributed by atoms with Crippen LogP contribution in [0.4, 0.5) is 0 Å². The Balaban J connectivity index is 1.67. The van der Waals surface area contributed by atoms with E-state index in [9.17, 15) is 0 Å². The van der Waals surface area contributed by atoms with E-state index in [1.165, 1.54) is 30.6 Å². The van der Waals surface area contributed by atoms with Crippen LogP contribution >= 0.6 is 0 Å². The molecule has 1 heterocycles. The van der Waals surface area contributed by atoms with Crippen LogP contribution < -0.4 is 15.4 Å². The monoisotopic (exact) mass is 361 g/mol. The smallest absolute Gasteiger partial charge is 0.191 e. The lowest BCUT2D eigenvalue weighted by atomic mass is 10.1. The summed E-state index contributed by atoms with van der Waals surface area (Å²) >= 11 is 0. The topological polar surface area (TPSA) is 52.1 Å². The number of aliphatic imine (C=N–C) groups is 1. The third-order valence-corrected chi connectivity index (χ3v) is 4.93. The number of ether oxygens (including phenoxy) is 1. The first-order chi connectivity index (χ1) is 12.6. The van der Waals surface area contributed by atoms with E-state index < -0.39 is 0 Å². The SMILES string of the molecule is CN=C(NCCc1ccc(C)c(OC)c1)NCCN1CCCN(C)CC1. The van der Waals surface area contributed by atoms with E-state index in [1.807, 2.05) is 7.05 Å². The van der Waals surface area contributed by atoms with Crippen LogP contribution in [-0.4, -0.2) is 82.8 Å². The van der Waals surface area contributed by atoms with Gasteiger partial charge >= 0.3 is 0 Å². The molecule has 2 N–H and O–H groups in total. The third kappa shape index (κ3) is 6.84. The van der Waals surface area contributed by atoms with E-state index in [2.05, 4.69) is 57.6 Å². The van der Waals surface area contributed by atoms with Crippen molar-refractivity contribution in [2.75, 3.05) is 67.0 Å². The lowest BCUT2D eigenvalue weighted by Crippen LogP contribution is -2.42. The van der Waals surface area contributed by atoms with Gasteiger partial charge in [-0.1, -0.05) is 12.1 Å². The highest BCUT2D eigenvalue weighted by Crippen LogP contribution is 2.18. The second-order valence-corrected chi connectivity index (χ2v) is 6.98. The first-order valence-corrected chi connectivity index (χ1v) is 9.61. The molecule has 0 radical (unpaired) electrons. The zero-order valence-electron chi connectivity index (χ0n) is 16.8. The zero-order valence-corrected chi connectivity index (χ0v) is 16.8. The van der Waals surface area contributed by atoms with E-state index in [1.54, 1.807) is 7.11 Å². The van der Waals surface area contributed by atoms with Crippen LogP contribution in [-0.2, 0) is 6.42 Å². The summed E-state index contributed by atoms with van der Waals surface area (Å²) in [6.45, 7) is 9.59. The first-order valence-electron chi connectivity index (χ1n) is 9.61. The molecule has 6 heteroatoms. The average molecular weight is 362 g/mol. The molecule has 0 aromatic heterocycles. The lowest BCUT2D eigenvalue weighted by molar-refractivity contribution is 0.280. The Morgan fingerprint density at radius 3 is 2.73 bits per heavy atom. The number of nitrogens with one attached hydrogen (secondary N) is 2. The maximum absolute atomic E-state index is 5.40. The Kier molecular flexibility index (Phi) is 8.71. The van der Waals surface area contributed by atoms with Gasteiger partial charge in [-0.25, -0.2) is 0 Å². The number of rotatable bonds is 7. The Labute approximate surface area is 158 Å². The van der Waals surface area contributed by atoms with Gasteiger partial charge in [-0.05, 0) is 57.1 Å². The molecule has 1 aliphatic heterocycles. The van der Waals surface area contributed by atoms with Crippen LogP contribution in [0.1, 0.15) is 17.5 Å². The molecule has 6 nitrogen and oxygen atoms in total. The van der Waals surface area contributed by atoms with Gasteiger partial charge in [0.05, 0.1) is 7.11 Å². The van der Waals surface area contributed by atoms with Crippen LogP contribution in [0.15, 0.2) is 23.2 Å². The fourth-order valence-corrected chi connectivity index (χ4v) is 3.22. The minimum absolute atomic E-state index is 0.848. The highest BCUT2D eigenvalue weighted by atomic mass is 16.5. The van der Waals surface area contributed by atoms with Gasteiger partial charge in [-0.2, -0.15) is 0 Å². The summed E-state index contributed by atoms with van der Waals surface area (Å²) in [5, 5.41) is 6.82. The van der Waals surface area contributed by atoms with E-state index in [-0.39, 0.29) is 0 Å². The van der Waals surface area contributed by atoms with Crippen molar-refractivity contribution >= 4 is 5.96 Å². The van der Waals surface area contributed by atoms with Gasteiger partial charge in [0.15, 0.2) is 5.96 Å². The number of benzene rings is 1. The number of likely N-dealkylation sites (N-methyl/N-ethyl adjacent to an activating group) is 1. The fraction of sp³-hybridized carbons (Fsp3) is 0.650. The maximum atomic E-state index is 5.40. The molecule has 1 aliphatic rings. The van der Waals surface area contributed by atoms with E-state index in [0.717, 1.165) is 50.9 Å². The van der Waals surface area contributed by atoms with Gasteiger partial charge in [0.25, 0.3) is 0 Å². The van der Waals surface area contributed by atoms with Gasteiger partial charge in [0.2, 0.25) is 0 Å². The second kappa shape index (κ2) is 11.0. The van der Waals surface area contributed by atoms with Crippen LogP contribution in [0.2, 0.25) is 0 Å². The Morgan fingerprint density at radius 2 is 1.96 bits per heavy atom. The van der Waals surface area contributed by atoms with Crippen molar-refractivity contribution in [2.45, 2.75) is 19.8 Å². The molecule has 146 valence electrons. The van der Waals surface area contributed by atoms with Crippen molar-refractivity contribution in [1.29, 1.82) is 0 Å². The van der Waals surface area contributed by atoms with Crippen molar-refractivity contribution < 1.29 is 4.74 Å². The van der Waals surface area contributed by atoms with Crippen molar-refractivity contribution in [3.8, 4) is 5.75 Å². The molecule has 1 aromatic rings. The summed E-state index contributed by atoms with van der Waals surface area (Å²) in [5.74, 6) is 1.82. The molecule has 0 atom stereocenters. The van der Waals surface area contributed by atoms with Crippen LogP contribution in [0.5, 0.6) is 5.75 Å². The fourth-order valence-electron chi connectivity index (χ4n) is 3.22. The van der Waals surface area contributed by atoms with Gasteiger partial charge in [-0.15, -0.1) is 0 Å². The number of hydrogen-bond acceptors (Lipinski definition) is 4. The van der Waals surface area contributed by atoms with Crippen LogP contribution in [0.3, 0.4) is 0 Å². The normalized spacial score (nSPS) is 17.0. The molecule has 0 aliphatic carbocycles. The predicted molar refractivity (Wildman–Crippen MR) is 109 cm³/mol. The number of guanidine groups is 1. The van der Waals surface area contributed by atoms with Gasteiger partial charge in [0, 0.05) is 39.8 Å². The molecule has 1 aromatic carbocycles. The molecule has 1 fully saturated rings. The largest absolute Gasteiger partial charge is 0.496 e. The Bertz CT molecular complexity index is 575. The highest BCUT2D eigenvalue weighted by Gasteiger charge is 2.11. The molecule has 0 saturated carbocycles. The number of aryl methyl sites for hydroxylation is 1. The molecule has 2 rings (SSSR count). The molecule has 0 amide bonds. The van der Waals surface area contributed by atoms with Crippen molar-refractivity contribution in [1.82, 2.24) is 20.4 Å². The van der Waals surface area contributed by atoms with Gasteiger partial charge in [-0.3, -0.25) is 4.99 Å². The van der Waals surface area contributed by atoms with E-state index in [0.29, 0.717) is 0 Å². The quantitative estimate of drug-likeness (QED) is 0.567. The van der Waals surface area contributed by atoms with Crippen molar-refractivity contribution in [3.63, 3.8) is 0 Å². The molecular weight excluding hydrogens is 326 g/mol. The molecule has 1 saturated heterocycles. The molecule has 26 heavy (non-hydrogen) atoms. The summed E-state index contributed by atoms with van der Waals surface area (Å²) in [4.78, 5) is 9.26. The van der Waals surface area contributed by atoms with Gasteiger partial charge in [0.1, 0.15) is 5.75 Å². The lowest BCUT2D eigenvalue weighted by Gasteiger charge is -2.21.